The van der Waals surface area contributed by atoms with Crippen LogP contribution in [-0.2, 0) is 19.6 Å². The highest BCUT2D eigenvalue weighted by molar-refractivity contribution is 7.86. The topological polar surface area (TPSA) is 80.7 Å². The van der Waals surface area contributed by atoms with Crippen LogP contribution in [-0.4, -0.2) is 30.8 Å². The molecule has 0 aliphatic rings. The fraction of sp³-hybridized carbons (Fsp3) is 0.900. The van der Waals surface area contributed by atoms with Gasteiger partial charge in [-0.05, 0) is 12.3 Å². The Morgan fingerprint density at radius 2 is 1.78 bits per heavy atom. The number of hydrogen-bond acceptors (Lipinski definition) is 4. The zero-order chi connectivity index (χ0) is 14.6. The van der Waals surface area contributed by atoms with Crippen LogP contribution >= 0.6 is 0 Å². The van der Waals surface area contributed by atoms with Crippen LogP contribution in [0.5, 0.6) is 0 Å². The van der Waals surface area contributed by atoms with E-state index in [4.69, 9.17) is 4.55 Å². The van der Waals surface area contributed by atoms with E-state index in [1.54, 1.807) is 0 Å². The van der Waals surface area contributed by atoms with Crippen molar-refractivity contribution in [3.63, 3.8) is 0 Å². The Morgan fingerprint density at radius 3 is 2.17 bits per heavy atom. The van der Waals surface area contributed by atoms with E-state index in [9.17, 15) is 22.0 Å². The smallest absolute Gasteiger partial charge is 0.402 e. The monoisotopic (exact) mass is 288 g/mol. The lowest BCUT2D eigenvalue weighted by molar-refractivity contribution is -0.154. The highest BCUT2D eigenvalue weighted by atomic mass is 32.2. The number of halogens is 2. The minimum absolute atomic E-state index is 0.361. The van der Waals surface area contributed by atoms with Crippen molar-refractivity contribution in [2.75, 3.05) is 6.61 Å². The summed E-state index contributed by atoms with van der Waals surface area (Å²) in [5, 5.41) is -4.47. The third kappa shape index (κ3) is 5.72. The summed E-state index contributed by atoms with van der Waals surface area (Å²) < 4.78 is 58.4. The van der Waals surface area contributed by atoms with Gasteiger partial charge in [0.2, 0.25) is 0 Å². The molecule has 18 heavy (non-hydrogen) atoms. The summed E-state index contributed by atoms with van der Waals surface area (Å²) in [5.41, 5.74) is 0. The van der Waals surface area contributed by atoms with Crippen molar-refractivity contribution >= 4 is 16.1 Å². The lowest BCUT2D eigenvalue weighted by Crippen LogP contribution is -2.35. The molecular weight excluding hydrogens is 270 g/mol. The maximum absolute atomic E-state index is 12.8. The molecule has 0 aromatic heterocycles. The molecule has 0 fully saturated rings. The standard InChI is InChI=1S/C10H18F2O5S/c1-7(2)4-5-8(3)9(13)17-6-10(11,12)18(14,15)16/h7-8H,4-6H2,1-3H3,(H,14,15,16). The number of ether oxygens (including phenoxy) is 1. The van der Waals surface area contributed by atoms with Crippen molar-refractivity contribution in [1.82, 2.24) is 0 Å². The lowest BCUT2D eigenvalue weighted by atomic mass is 10.00. The summed E-state index contributed by atoms with van der Waals surface area (Å²) in [6.45, 7) is 3.74. The first-order valence-corrected chi connectivity index (χ1v) is 6.93. The number of rotatable bonds is 7. The molecule has 0 aliphatic carbocycles. The molecule has 0 amide bonds. The minimum atomic E-state index is -5.56. The van der Waals surface area contributed by atoms with Crippen molar-refractivity contribution in [2.45, 2.75) is 38.9 Å². The number of carbonyl (C=O) groups is 1. The van der Waals surface area contributed by atoms with Gasteiger partial charge in [-0.1, -0.05) is 27.2 Å². The van der Waals surface area contributed by atoms with Crippen LogP contribution < -0.4 is 0 Å². The Balaban J connectivity index is 4.26. The Morgan fingerprint density at radius 1 is 1.28 bits per heavy atom. The summed E-state index contributed by atoms with van der Waals surface area (Å²) in [5.74, 6) is -1.14. The maximum atomic E-state index is 12.8. The van der Waals surface area contributed by atoms with Crippen molar-refractivity contribution in [2.24, 2.45) is 11.8 Å². The number of alkyl halides is 2. The van der Waals surface area contributed by atoms with Crippen molar-refractivity contribution < 1.29 is 31.3 Å². The van der Waals surface area contributed by atoms with Crippen molar-refractivity contribution in [1.29, 1.82) is 0 Å². The van der Waals surface area contributed by atoms with Gasteiger partial charge in [0.05, 0.1) is 5.92 Å². The Hall–Kier alpha value is -0.760. The summed E-state index contributed by atoms with van der Waals surface area (Å²) >= 11 is 0. The van der Waals surface area contributed by atoms with Crippen LogP contribution in [0.3, 0.4) is 0 Å². The van der Waals surface area contributed by atoms with Crippen LogP contribution in [0.2, 0.25) is 0 Å². The summed E-state index contributed by atoms with van der Waals surface area (Å²) in [6.07, 6.45) is 1.19. The average molecular weight is 288 g/mol. The largest absolute Gasteiger partial charge is 0.458 e. The number of hydrogen-bond donors (Lipinski definition) is 1. The molecule has 108 valence electrons. The molecule has 0 bridgehead atoms. The first kappa shape index (κ1) is 17.2. The lowest BCUT2D eigenvalue weighted by Gasteiger charge is -2.16. The van der Waals surface area contributed by atoms with Gasteiger partial charge in [-0.15, -0.1) is 0 Å². The van der Waals surface area contributed by atoms with E-state index in [0.717, 1.165) is 6.42 Å². The zero-order valence-corrected chi connectivity index (χ0v) is 11.3. The maximum Gasteiger partial charge on any atom is 0.402 e. The summed E-state index contributed by atoms with van der Waals surface area (Å²) in [4.78, 5) is 11.3. The van der Waals surface area contributed by atoms with E-state index in [2.05, 4.69) is 4.74 Å². The van der Waals surface area contributed by atoms with Crippen LogP contribution in [0, 0.1) is 11.8 Å². The Kier molecular flexibility index (Phi) is 6.15. The van der Waals surface area contributed by atoms with E-state index in [-0.39, 0.29) is 0 Å². The fourth-order valence-corrected chi connectivity index (χ4v) is 1.28. The predicted molar refractivity (Wildman–Crippen MR) is 60.7 cm³/mol. The van der Waals surface area contributed by atoms with Crippen molar-refractivity contribution in [3.8, 4) is 0 Å². The third-order valence-electron chi connectivity index (χ3n) is 2.34. The van der Waals surface area contributed by atoms with Gasteiger partial charge in [0.1, 0.15) is 0 Å². The van der Waals surface area contributed by atoms with Gasteiger partial charge in [0.15, 0.2) is 6.61 Å². The van der Waals surface area contributed by atoms with Crippen LogP contribution in [0.4, 0.5) is 8.78 Å². The highest BCUT2D eigenvalue weighted by Crippen LogP contribution is 2.22. The molecule has 5 nitrogen and oxygen atoms in total. The molecule has 0 aromatic rings. The number of esters is 1. The fourth-order valence-electron chi connectivity index (χ4n) is 1.07. The minimum Gasteiger partial charge on any atom is -0.458 e. The Bertz CT molecular complexity index is 378. The first-order chi connectivity index (χ1) is 7.97. The van der Waals surface area contributed by atoms with Crippen LogP contribution in [0.1, 0.15) is 33.6 Å². The van der Waals surface area contributed by atoms with E-state index >= 15 is 0 Å². The average Bonchev–Trinajstić information content (AvgIpc) is 2.20. The van der Waals surface area contributed by atoms with E-state index in [1.165, 1.54) is 6.92 Å². The number of carbonyl (C=O) groups excluding carboxylic acids is 1. The van der Waals surface area contributed by atoms with Crippen LogP contribution in [0.25, 0.3) is 0 Å². The molecule has 0 heterocycles. The molecule has 1 atom stereocenters. The molecule has 0 aliphatic heterocycles. The molecule has 0 spiro atoms. The molecule has 8 heteroatoms. The van der Waals surface area contributed by atoms with Gasteiger partial charge in [-0.2, -0.15) is 17.2 Å². The van der Waals surface area contributed by atoms with Gasteiger partial charge >= 0.3 is 21.3 Å². The predicted octanol–water partition coefficient (Wildman–Crippen LogP) is 2.08. The highest BCUT2D eigenvalue weighted by Gasteiger charge is 2.45. The van der Waals surface area contributed by atoms with E-state index < -0.39 is 33.9 Å². The van der Waals surface area contributed by atoms with Gasteiger partial charge in [0.25, 0.3) is 0 Å². The molecule has 1 unspecified atom stereocenters. The molecular formula is C10H18F2O5S. The molecule has 0 radical (unpaired) electrons. The van der Waals surface area contributed by atoms with Gasteiger partial charge in [0, 0.05) is 0 Å². The third-order valence-corrected chi connectivity index (χ3v) is 3.21. The molecule has 1 N–H and O–H groups in total. The summed E-state index contributed by atoms with van der Waals surface area (Å²) in [7, 11) is -5.56. The van der Waals surface area contributed by atoms with Crippen LogP contribution in [0.15, 0.2) is 0 Å². The molecule has 0 saturated heterocycles. The zero-order valence-electron chi connectivity index (χ0n) is 10.5. The normalized spacial score (nSPS) is 14.6. The quantitative estimate of drug-likeness (QED) is 0.573. The second-order valence-electron chi connectivity index (χ2n) is 4.59. The Labute approximate surface area is 105 Å². The second kappa shape index (κ2) is 6.42. The van der Waals surface area contributed by atoms with Crippen molar-refractivity contribution in [3.05, 3.63) is 0 Å². The second-order valence-corrected chi connectivity index (χ2v) is 6.14. The molecule has 0 aromatic carbocycles. The molecule has 0 saturated carbocycles. The summed E-state index contributed by atoms with van der Waals surface area (Å²) in [6, 6.07) is 0. The van der Waals surface area contributed by atoms with E-state index in [0.29, 0.717) is 12.3 Å². The van der Waals surface area contributed by atoms with Gasteiger partial charge < -0.3 is 4.74 Å². The first-order valence-electron chi connectivity index (χ1n) is 5.49. The van der Waals surface area contributed by atoms with E-state index in [1.807, 2.05) is 13.8 Å². The van der Waals surface area contributed by atoms with Gasteiger partial charge in [-0.3, -0.25) is 9.35 Å². The SMILES string of the molecule is CC(C)CCC(C)C(=O)OCC(F)(F)S(=O)(=O)O. The van der Waals surface area contributed by atoms with Gasteiger partial charge in [-0.25, -0.2) is 0 Å². The molecule has 0 rings (SSSR count).